The Bertz CT molecular complexity index is 677. The maximum atomic E-state index is 9.56. The number of thioether (sulfide) groups is 1. The Balaban J connectivity index is 1.91. The van der Waals surface area contributed by atoms with Crippen molar-refractivity contribution >= 4 is 18.9 Å². The van der Waals surface area contributed by atoms with Crippen molar-refractivity contribution in [2.45, 2.75) is 24.1 Å². The van der Waals surface area contributed by atoms with E-state index < -0.39 is 7.12 Å². The highest BCUT2D eigenvalue weighted by Gasteiger charge is 2.29. The Morgan fingerprint density at radius 3 is 2.78 bits per heavy atom. The average Bonchev–Trinajstić information content (AvgIpc) is 3.02. The van der Waals surface area contributed by atoms with E-state index in [0.717, 1.165) is 21.8 Å². The molecule has 0 aromatic heterocycles. The third-order valence-electron chi connectivity index (χ3n) is 4.13. The minimum atomic E-state index is -0.630. The normalized spacial score (nSPS) is 17.5. The van der Waals surface area contributed by atoms with Crippen molar-refractivity contribution in [1.82, 2.24) is 0 Å². The van der Waals surface area contributed by atoms with Gasteiger partial charge in [-0.2, -0.15) is 0 Å². The van der Waals surface area contributed by atoms with Crippen LogP contribution in [0.1, 0.15) is 18.4 Å². The summed E-state index contributed by atoms with van der Waals surface area (Å²) in [4.78, 5) is 1.15. The van der Waals surface area contributed by atoms with Gasteiger partial charge in [-0.25, -0.2) is 0 Å². The largest absolute Gasteiger partial charge is 0.493 e. The van der Waals surface area contributed by atoms with Gasteiger partial charge in [-0.05, 0) is 48.3 Å². The van der Waals surface area contributed by atoms with E-state index in [4.69, 9.17) is 9.39 Å². The van der Waals surface area contributed by atoms with Gasteiger partial charge in [0.2, 0.25) is 0 Å². The topological polar surface area (TPSA) is 38.7 Å². The first-order valence-corrected chi connectivity index (χ1v) is 9.14. The molecule has 2 aromatic carbocycles. The lowest BCUT2D eigenvalue weighted by Crippen LogP contribution is -2.07. The fourth-order valence-corrected chi connectivity index (χ4v) is 3.46. The zero-order valence-electron chi connectivity index (χ0n) is 13.5. The highest BCUT2D eigenvalue weighted by molar-refractivity contribution is 7.98. The maximum absolute atomic E-state index is 9.56. The van der Waals surface area contributed by atoms with E-state index >= 15 is 0 Å². The van der Waals surface area contributed by atoms with E-state index in [9.17, 15) is 5.02 Å². The van der Waals surface area contributed by atoms with Crippen molar-refractivity contribution in [1.29, 1.82) is 0 Å². The van der Waals surface area contributed by atoms with Gasteiger partial charge in [-0.1, -0.05) is 30.3 Å². The molecular formula is C18H21BO3S. The number of benzene rings is 2. The molecule has 1 heterocycles. The predicted octanol–water partition coefficient (Wildman–Crippen LogP) is 4.07. The number of rotatable bonds is 5. The molecule has 3 rings (SSSR count). The molecule has 0 bridgehead atoms. The van der Waals surface area contributed by atoms with Crippen LogP contribution in [-0.2, 0) is 4.65 Å². The molecule has 0 spiro atoms. The van der Waals surface area contributed by atoms with Gasteiger partial charge in [0, 0.05) is 17.4 Å². The summed E-state index contributed by atoms with van der Waals surface area (Å²) in [5.41, 5.74) is 3.52. The first-order chi connectivity index (χ1) is 11.2. The van der Waals surface area contributed by atoms with Crippen LogP contribution in [-0.4, -0.2) is 31.6 Å². The molecule has 0 aliphatic carbocycles. The third kappa shape index (κ3) is 3.74. The Morgan fingerprint density at radius 1 is 1.26 bits per heavy atom. The molecule has 5 heteroatoms. The summed E-state index contributed by atoms with van der Waals surface area (Å²) in [5, 5.41) is 9.56. The fraction of sp³-hybridized carbons (Fsp3) is 0.333. The lowest BCUT2D eigenvalue weighted by molar-refractivity contribution is 0.292. The van der Waals surface area contributed by atoms with E-state index in [1.165, 1.54) is 5.56 Å². The molecule has 1 fully saturated rings. The SMILES string of the molecule is CCOc1cc(-c2cccc([C@@H]3COB(O)C3)c2)ccc1SC. The van der Waals surface area contributed by atoms with Gasteiger partial charge in [0.15, 0.2) is 0 Å². The average molecular weight is 328 g/mol. The van der Waals surface area contributed by atoms with Gasteiger partial charge in [-0.3, -0.25) is 0 Å². The van der Waals surface area contributed by atoms with Gasteiger partial charge in [0.05, 0.1) is 6.61 Å². The van der Waals surface area contributed by atoms with Crippen LogP contribution in [0.2, 0.25) is 6.32 Å². The minimum absolute atomic E-state index is 0.266. The van der Waals surface area contributed by atoms with Crippen molar-refractivity contribution in [2.24, 2.45) is 0 Å². The highest BCUT2D eigenvalue weighted by atomic mass is 32.2. The molecule has 0 amide bonds. The summed E-state index contributed by atoms with van der Waals surface area (Å²) in [6, 6.07) is 14.8. The van der Waals surface area contributed by atoms with Crippen LogP contribution in [0.4, 0.5) is 0 Å². The van der Waals surface area contributed by atoms with Crippen LogP contribution in [0.15, 0.2) is 47.4 Å². The molecule has 0 saturated carbocycles. The van der Waals surface area contributed by atoms with Gasteiger partial charge in [-0.15, -0.1) is 11.8 Å². The van der Waals surface area contributed by atoms with Crippen LogP contribution in [0.25, 0.3) is 11.1 Å². The highest BCUT2D eigenvalue weighted by Crippen LogP contribution is 2.35. The first kappa shape index (κ1) is 16.4. The standard InChI is InChI=1S/C18H21BO3S/c1-3-21-17-10-15(7-8-18(17)23-2)13-5-4-6-14(9-13)16-11-19(20)22-12-16/h4-10,16,20H,3,11-12H2,1-2H3/t16-/m0/s1. The predicted molar refractivity (Wildman–Crippen MR) is 96.3 cm³/mol. The van der Waals surface area contributed by atoms with Crippen molar-refractivity contribution in [2.75, 3.05) is 19.5 Å². The second-order valence-corrected chi connectivity index (χ2v) is 6.49. The van der Waals surface area contributed by atoms with E-state index in [-0.39, 0.29) is 5.92 Å². The van der Waals surface area contributed by atoms with Crippen LogP contribution >= 0.6 is 11.8 Å². The molecule has 0 unspecified atom stereocenters. The Morgan fingerprint density at radius 2 is 2.09 bits per heavy atom. The molecule has 1 aliphatic heterocycles. The second kappa shape index (κ2) is 7.43. The molecule has 23 heavy (non-hydrogen) atoms. The lowest BCUT2D eigenvalue weighted by atomic mass is 9.79. The van der Waals surface area contributed by atoms with Crippen molar-refractivity contribution in [3.63, 3.8) is 0 Å². The first-order valence-electron chi connectivity index (χ1n) is 7.92. The van der Waals surface area contributed by atoms with Gasteiger partial charge < -0.3 is 14.4 Å². The van der Waals surface area contributed by atoms with E-state index in [1.54, 1.807) is 11.8 Å². The zero-order valence-corrected chi connectivity index (χ0v) is 14.3. The summed E-state index contributed by atoms with van der Waals surface area (Å²) >= 11 is 1.69. The summed E-state index contributed by atoms with van der Waals surface area (Å²) < 4.78 is 11.0. The number of ether oxygens (including phenoxy) is 1. The van der Waals surface area contributed by atoms with E-state index in [0.29, 0.717) is 19.5 Å². The molecule has 3 nitrogen and oxygen atoms in total. The fourth-order valence-electron chi connectivity index (χ4n) is 2.94. The lowest BCUT2D eigenvalue weighted by Gasteiger charge is -2.13. The third-order valence-corrected chi connectivity index (χ3v) is 4.91. The number of hydrogen-bond acceptors (Lipinski definition) is 4. The van der Waals surface area contributed by atoms with Crippen molar-refractivity contribution < 1.29 is 14.4 Å². The van der Waals surface area contributed by atoms with Crippen LogP contribution in [0.5, 0.6) is 5.75 Å². The summed E-state index contributed by atoms with van der Waals surface area (Å²) in [7, 11) is -0.630. The monoisotopic (exact) mass is 328 g/mol. The van der Waals surface area contributed by atoms with Crippen molar-refractivity contribution in [3.05, 3.63) is 48.0 Å². The Hall–Kier alpha value is -1.43. The minimum Gasteiger partial charge on any atom is -0.493 e. The summed E-state index contributed by atoms with van der Waals surface area (Å²) in [6.07, 6.45) is 2.72. The summed E-state index contributed by atoms with van der Waals surface area (Å²) in [6.45, 7) is 3.25. The number of hydrogen-bond donors (Lipinski definition) is 1. The Kier molecular flexibility index (Phi) is 5.31. The smallest absolute Gasteiger partial charge is 0.454 e. The molecule has 1 atom stereocenters. The second-order valence-electron chi connectivity index (χ2n) is 5.64. The van der Waals surface area contributed by atoms with Gasteiger partial charge in [0.25, 0.3) is 0 Å². The summed E-state index contributed by atoms with van der Waals surface area (Å²) in [5.74, 6) is 1.20. The maximum Gasteiger partial charge on any atom is 0.454 e. The zero-order chi connectivity index (χ0) is 16.2. The van der Waals surface area contributed by atoms with Crippen LogP contribution in [0, 0.1) is 0 Å². The van der Waals surface area contributed by atoms with E-state index in [1.807, 2.05) is 6.92 Å². The molecule has 0 radical (unpaired) electrons. The molecule has 1 saturated heterocycles. The molecular weight excluding hydrogens is 307 g/mol. The van der Waals surface area contributed by atoms with Crippen LogP contribution < -0.4 is 4.74 Å². The molecule has 1 N–H and O–H groups in total. The van der Waals surface area contributed by atoms with Gasteiger partial charge >= 0.3 is 7.12 Å². The van der Waals surface area contributed by atoms with E-state index in [2.05, 4.69) is 48.7 Å². The quantitative estimate of drug-likeness (QED) is 0.663. The Labute approximate surface area is 142 Å². The van der Waals surface area contributed by atoms with Crippen molar-refractivity contribution in [3.8, 4) is 16.9 Å². The molecule has 120 valence electrons. The molecule has 1 aliphatic rings. The van der Waals surface area contributed by atoms with Crippen LogP contribution in [0.3, 0.4) is 0 Å². The molecule has 2 aromatic rings. The van der Waals surface area contributed by atoms with Gasteiger partial charge in [0.1, 0.15) is 5.75 Å².